The third-order valence-electron chi connectivity index (χ3n) is 3.80. The topological polar surface area (TPSA) is 52.6 Å². The number of ether oxygens (including phenoxy) is 2. The van der Waals surface area contributed by atoms with Crippen LogP contribution in [0, 0.1) is 5.41 Å². The Balaban J connectivity index is 2.75. The van der Waals surface area contributed by atoms with E-state index < -0.39 is 0 Å². The Morgan fingerprint density at radius 1 is 1.39 bits per heavy atom. The number of hydrogen-bond acceptors (Lipinski definition) is 6. The fourth-order valence-corrected chi connectivity index (χ4v) is 4.39. The van der Waals surface area contributed by atoms with Crippen molar-refractivity contribution in [1.82, 2.24) is 0 Å². The van der Waals surface area contributed by atoms with Crippen molar-refractivity contribution >= 4 is 40.1 Å². The molecule has 4 nitrogen and oxygen atoms in total. The Morgan fingerprint density at radius 2 is 2.09 bits per heavy atom. The monoisotopic (exact) mass is 358 g/mol. The lowest BCUT2D eigenvalue weighted by atomic mass is 9.72. The first kappa shape index (κ1) is 20.2. The first-order chi connectivity index (χ1) is 10.9. The van der Waals surface area contributed by atoms with Gasteiger partial charge in [0.2, 0.25) is 4.38 Å². The van der Waals surface area contributed by atoms with Crippen LogP contribution >= 0.6 is 24.0 Å². The maximum Gasteiger partial charge on any atom is 0.330 e. The van der Waals surface area contributed by atoms with Gasteiger partial charge in [0.15, 0.2) is 0 Å². The molecule has 0 aromatic carbocycles. The summed E-state index contributed by atoms with van der Waals surface area (Å²) in [7, 11) is 0. The molecule has 0 radical (unpaired) electrons. The van der Waals surface area contributed by atoms with Crippen molar-refractivity contribution < 1.29 is 19.1 Å². The SMILES string of the molecule is CCOC(=O)/C=C/C(CC1(C)CCCC(=O)C1)SC(=S)OCC. The summed E-state index contributed by atoms with van der Waals surface area (Å²) in [5.74, 6) is -0.0328. The number of carbonyl (C=O) groups is 2. The Kier molecular flexibility index (Phi) is 8.84. The first-order valence-corrected chi connectivity index (χ1v) is 9.37. The summed E-state index contributed by atoms with van der Waals surface area (Å²) in [6, 6.07) is 0. The molecule has 0 aromatic rings. The molecule has 2 unspecified atom stereocenters. The van der Waals surface area contributed by atoms with Crippen LogP contribution < -0.4 is 0 Å². The van der Waals surface area contributed by atoms with E-state index in [1.165, 1.54) is 17.8 Å². The van der Waals surface area contributed by atoms with Gasteiger partial charge in [0.1, 0.15) is 5.78 Å². The van der Waals surface area contributed by atoms with Gasteiger partial charge < -0.3 is 9.47 Å². The highest BCUT2D eigenvalue weighted by Crippen LogP contribution is 2.41. The van der Waals surface area contributed by atoms with Crippen LogP contribution in [0.25, 0.3) is 0 Å². The third-order valence-corrected chi connectivity index (χ3v) is 5.14. The molecule has 0 spiro atoms. The van der Waals surface area contributed by atoms with Crippen LogP contribution in [0.5, 0.6) is 0 Å². The maximum absolute atomic E-state index is 11.8. The number of hydrogen-bond donors (Lipinski definition) is 0. The van der Waals surface area contributed by atoms with Gasteiger partial charge in [0, 0.05) is 24.2 Å². The van der Waals surface area contributed by atoms with Crippen molar-refractivity contribution in [1.29, 1.82) is 0 Å². The van der Waals surface area contributed by atoms with Gasteiger partial charge in [-0.1, -0.05) is 24.8 Å². The van der Waals surface area contributed by atoms with Gasteiger partial charge in [0.25, 0.3) is 0 Å². The van der Waals surface area contributed by atoms with E-state index in [4.69, 9.17) is 21.7 Å². The molecule has 2 atom stereocenters. The van der Waals surface area contributed by atoms with Gasteiger partial charge in [0.05, 0.1) is 13.2 Å². The van der Waals surface area contributed by atoms with E-state index in [0.29, 0.717) is 36.2 Å². The van der Waals surface area contributed by atoms with Crippen molar-refractivity contribution in [2.24, 2.45) is 5.41 Å². The van der Waals surface area contributed by atoms with Crippen molar-refractivity contribution in [2.45, 2.75) is 58.1 Å². The summed E-state index contributed by atoms with van der Waals surface area (Å²) in [6.07, 6.45) is 7.28. The summed E-state index contributed by atoms with van der Waals surface area (Å²) in [5.41, 5.74) is -0.0478. The van der Waals surface area contributed by atoms with Crippen molar-refractivity contribution in [2.75, 3.05) is 13.2 Å². The van der Waals surface area contributed by atoms with Crippen LogP contribution in [0.4, 0.5) is 0 Å². The number of thiocarbonyl (C=S) groups is 1. The quantitative estimate of drug-likeness (QED) is 0.388. The number of esters is 1. The van der Waals surface area contributed by atoms with Crippen LogP contribution in [0.3, 0.4) is 0 Å². The van der Waals surface area contributed by atoms with Gasteiger partial charge in [-0.2, -0.15) is 0 Å². The minimum absolute atomic E-state index is 0.00523. The van der Waals surface area contributed by atoms with Crippen LogP contribution in [0.2, 0.25) is 0 Å². The number of carbonyl (C=O) groups excluding carboxylic acids is 2. The molecule has 0 amide bonds. The second-order valence-electron chi connectivity index (χ2n) is 6.03. The summed E-state index contributed by atoms with van der Waals surface area (Å²) in [5, 5.41) is -0.00523. The summed E-state index contributed by atoms with van der Waals surface area (Å²) >= 11 is 6.64. The lowest BCUT2D eigenvalue weighted by Gasteiger charge is -2.34. The molecule has 23 heavy (non-hydrogen) atoms. The molecule has 0 aromatic heterocycles. The summed E-state index contributed by atoms with van der Waals surface area (Å²) in [4.78, 5) is 23.3. The van der Waals surface area contributed by atoms with Gasteiger partial charge >= 0.3 is 5.97 Å². The molecule has 6 heteroatoms. The molecule has 0 heterocycles. The molecular weight excluding hydrogens is 332 g/mol. The summed E-state index contributed by atoms with van der Waals surface area (Å²) < 4.78 is 10.7. The third kappa shape index (κ3) is 7.97. The van der Waals surface area contributed by atoms with Gasteiger partial charge in [-0.15, -0.1) is 0 Å². The zero-order valence-electron chi connectivity index (χ0n) is 14.1. The predicted molar refractivity (Wildman–Crippen MR) is 97.6 cm³/mol. The van der Waals surface area contributed by atoms with E-state index in [9.17, 15) is 9.59 Å². The molecule has 1 rings (SSSR count). The highest BCUT2D eigenvalue weighted by molar-refractivity contribution is 8.23. The summed E-state index contributed by atoms with van der Waals surface area (Å²) in [6.45, 7) is 6.67. The predicted octanol–water partition coefficient (Wildman–Crippen LogP) is 4.07. The van der Waals surface area contributed by atoms with E-state index in [-0.39, 0.29) is 16.6 Å². The lowest BCUT2D eigenvalue weighted by Crippen LogP contribution is -2.29. The van der Waals surface area contributed by atoms with Crippen molar-refractivity contribution in [3.8, 4) is 0 Å². The fraction of sp³-hybridized carbons (Fsp3) is 0.706. The Morgan fingerprint density at radius 3 is 2.70 bits per heavy atom. The van der Waals surface area contributed by atoms with Crippen LogP contribution in [0.15, 0.2) is 12.2 Å². The largest absolute Gasteiger partial charge is 0.479 e. The highest BCUT2D eigenvalue weighted by Gasteiger charge is 2.33. The van der Waals surface area contributed by atoms with E-state index in [1.807, 2.05) is 13.0 Å². The average molecular weight is 359 g/mol. The normalized spacial score (nSPS) is 22.8. The Bertz CT molecular complexity index is 462. The van der Waals surface area contributed by atoms with Crippen molar-refractivity contribution in [3.63, 3.8) is 0 Å². The number of rotatable bonds is 7. The molecule has 0 saturated heterocycles. The molecule has 130 valence electrons. The van der Waals surface area contributed by atoms with E-state index in [0.717, 1.165) is 19.3 Å². The fourth-order valence-electron chi connectivity index (χ4n) is 2.83. The Labute approximate surface area is 148 Å². The van der Waals surface area contributed by atoms with Crippen LogP contribution in [-0.4, -0.2) is 34.6 Å². The van der Waals surface area contributed by atoms with Crippen LogP contribution in [-0.2, 0) is 19.1 Å². The second kappa shape index (κ2) is 10.1. The maximum atomic E-state index is 11.8. The van der Waals surface area contributed by atoms with Gasteiger partial charge in [-0.05, 0) is 50.7 Å². The smallest absolute Gasteiger partial charge is 0.330 e. The zero-order valence-corrected chi connectivity index (χ0v) is 15.8. The number of ketones is 1. The highest BCUT2D eigenvalue weighted by atomic mass is 32.2. The zero-order chi connectivity index (χ0) is 17.3. The standard InChI is InChI=1S/C17H26O4S2/c1-4-20-15(19)9-8-14(23-16(22)21-5-2)12-17(3)10-6-7-13(18)11-17/h8-9,14H,4-7,10-12H2,1-3H3/b9-8+. The lowest BCUT2D eigenvalue weighted by molar-refractivity contribution is -0.137. The molecule has 1 aliphatic rings. The number of thioether (sulfide) groups is 1. The molecule has 0 aliphatic heterocycles. The van der Waals surface area contributed by atoms with E-state index in [2.05, 4.69) is 6.92 Å². The minimum atomic E-state index is -0.356. The van der Waals surface area contributed by atoms with Gasteiger partial charge in [-0.3, -0.25) is 4.79 Å². The molecule has 1 saturated carbocycles. The molecule has 0 N–H and O–H groups in total. The number of Topliss-reactive ketones (excluding diaryl/α,β-unsaturated/α-hetero) is 1. The average Bonchev–Trinajstić information content (AvgIpc) is 2.44. The molecule has 1 aliphatic carbocycles. The molecule has 0 bridgehead atoms. The Hall–Kier alpha value is -0.880. The van der Waals surface area contributed by atoms with E-state index in [1.54, 1.807) is 6.92 Å². The van der Waals surface area contributed by atoms with Crippen molar-refractivity contribution in [3.05, 3.63) is 12.2 Å². The molecular formula is C17H26O4S2. The van der Waals surface area contributed by atoms with Gasteiger partial charge in [-0.25, -0.2) is 4.79 Å². The second-order valence-corrected chi connectivity index (χ2v) is 7.88. The van der Waals surface area contributed by atoms with E-state index >= 15 is 0 Å². The van der Waals surface area contributed by atoms with Crippen LogP contribution in [0.1, 0.15) is 52.9 Å². The first-order valence-electron chi connectivity index (χ1n) is 8.08. The molecule has 1 fully saturated rings. The minimum Gasteiger partial charge on any atom is -0.479 e.